The number of allylic oxidation sites excluding steroid dienone is 2. The quantitative estimate of drug-likeness (QED) is 0.164. The maximum atomic E-state index is 7.03. The molecule has 1 unspecified atom stereocenters. The van der Waals surface area contributed by atoms with Gasteiger partial charge in [-0.1, -0.05) is 51.8 Å². The van der Waals surface area contributed by atoms with Crippen LogP contribution in [0.15, 0.2) is 66.3 Å². The Morgan fingerprint density at radius 3 is 2.21 bits per heavy atom. The van der Waals surface area contributed by atoms with E-state index in [2.05, 4.69) is 100 Å². The average Bonchev–Trinajstić information content (AvgIpc) is 3.38. The lowest BCUT2D eigenvalue weighted by molar-refractivity contribution is -0.0211. The molecule has 0 radical (unpaired) electrons. The highest BCUT2D eigenvalue weighted by Gasteiger charge is 2.37. The van der Waals surface area contributed by atoms with Gasteiger partial charge in [-0.15, -0.1) is 34.9 Å². The molecule has 2 aliphatic rings. The highest BCUT2D eigenvalue weighted by molar-refractivity contribution is 7.99. The number of thiophene rings is 1. The third-order valence-electron chi connectivity index (χ3n) is 8.01. The van der Waals surface area contributed by atoms with E-state index in [1.54, 1.807) is 0 Å². The van der Waals surface area contributed by atoms with Crippen molar-refractivity contribution in [3.63, 3.8) is 0 Å². The van der Waals surface area contributed by atoms with Crippen LogP contribution in [0.1, 0.15) is 65.9 Å². The molecular formula is C36H47NO3S3. The first-order chi connectivity index (χ1) is 20.8. The summed E-state index contributed by atoms with van der Waals surface area (Å²) in [6, 6.07) is 15.2. The molecule has 0 bridgehead atoms. The predicted octanol–water partition coefficient (Wildman–Crippen LogP) is 10.1. The molecule has 2 heterocycles. The normalized spacial score (nSPS) is 19.4. The molecule has 0 saturated carbocycles. The molecule has 1 aliphatic heterocycles. The van der Waals surface area contributed by atoms with Gasteiger partial charge in [0.15, 0.2) is 0 Å². The molecule has 232 valence electrons. The summed E-state index contributed by atoms with van der Waals surface area (Å²) in [5.41, 5.74) is 3.22. The van der Waals surface area contributed by atoms with E-state index >= 15 is 0 Å². The minimum absolute atomic E-state index is 0.526. The number of hydrogen-bond donors (Lipinski definition) is 0. The Kier molecular flexibility index (Phi) is 11.6. The summed E-state index contributed by atoms with van der Waals surface area (Å²) in [7, 11) is 0. The molecule has 0 spiro atoms. The van der Waals surface area contributed by atoms with Gasteiger partial charge in [-0.05, 0) is 92.3 Å². The van der Waals surface area contributed by atoms with Crippen LogP contribution >= 0.6 is 34.9 Å². The van der Waals surface area contributed by atoms with Crippen LogP contribution in [-0.4, -0.2) is 53.5 Å². The van der Waals surface area contributed by atoms with Gasteiger partial charge in [0, 0.05) is 38.6 Å². The SMILES string of the molecule is CC1=CCC(OCCN2CCCCC2)(c2c(-c3ccc(OCSC(C)C)cc3)sc3cc(OCSC(C)C)ccc23)C=C1. The summed E-state index contributed by atoms with van der Waals surface area (Å²) in [5, 5.41) is 2.33. The number of nitrogens with zero attached hydrogens (tertiary/aromatic N) is 1. The van der Waals surface area contributed by atoms with Gasteiger partial charge >= 0.3 is 0 Å². The highest BCUT2D eigenvalue weighted by Crippen LogP contribution is 2.49. The molecule has 5 rings (SSSR count). The van der Waals surface area contributed by atoms with Crippen molar-refractivity contribution in [2.45, 2.75) is 76.4 Å². The van der Waals surface area contributed by atoms with Crippen LogP contribution in [0, 0.1) is 0 Å². The Balaban J connectivity index is 1.50. The fourth-order valence-electron chi connectivity index (χ4n) is 5.59. The van der Waals surface area contributed by atoms with Gasteiger partial charge in [0.25, 0.3) is 0 Å². The molecule has 1 aliphatic carbocycles. The van der Waals surface area contributed by atoms with E-state index in [1.165, 1.54) is 64.0 Å². The third-order valence-corrected chi connectivity index (χ3v) is 11.1. The van der Waals surface area contributed by atoms with E-state index in [-0.39, 0.29) is 0 Å². The Morgan fingerprint density at radius 2 is 1.56 bits per heavy atom. The second-order valence-corrected chi connectivity index (χ2v) is 16.1. The van der Waals surface area contributed by atoms with E-state index in [1.807, 2.05) is 34.9 Å². The molecule has 0 amide bonds. The molecule has 4 nitrogen and oxygen atoms in total. The monoisotopic (exact) mass is 637 g/mol. The summed E-state index contributed by atoms with van der Waals surface area (Å²) in [4.78, 5) is 3.81. The smallest absolute Gasteiger partial charge is 0.134 e. The fourth-order valence-corrected chi connectivity index (χ4v) is 7.85. The van der Waals surface area contributed by atoms with E-state index in [4.69, 9.17) is 14.2 Å². The molecule has 1 saturated heterocycles. The molecule has 1 fully saturated rings. The molecule has 0 N–H and O–H groups in total. The first-order valence-electron chi connectivity index (χ1n) is 15.7. The molecule has 2 aromatic carbocycles. The van der Waals surface area contributed by atoms with Crippen LogP contribution in [0.3, 0.4) is 0 Å². The van der Waals surface area contributed by atoms with Crippen molar-refractivity contribution in [3.05, 3.63) is 71.8 Å². The molecular weight excluding hydrogens is 591 g/mol. The summed E-state index contributed by atoms with van der Waals surface area (Å²) in [6.07, 6.45) is 11.6. The maximum Gasteiger partial charge on any atom is 0.134 e. The van der Waals surface area contributed by atoms with E-state index < -0.39 is 5.60 Å². The number of thioether (sulfide) groups is 2. The van der Waals surface area contributed by atoms with Gasteiger partial charge in [0.1, 0.15) is 29.0 Å². The van der Waals surface area contributed by atoms with Gasteiger partial charge < -0.3 is 19.1 Å². The second-order valence-electron chi connectivity index (χ2n) is 12.1. The Bertz CT molecular complexity index is 1390. The number of benzene rings is 2. The zero-order valence-electron chi connectivity index (χ0n) is 26.4. The van der Waals surface area contributed by atoms with Gasteiger partial charge in [0.05, 0.1) is 6.61 Å². The zero-order chi connectivity index (χ0) is 30.2. The van der Waals surface area contributed by atoms with Gasteiger partial charge in [0.2, 0.25) is 0 Å². The van der Waals surface area contributed by atoms with Crippen LogP contribution in [0.5, 0.6) is 11.5 Å². The van der Waals surface area contributed by atoms with Crippen molar-refractivity contribution in [1.29, 1.82) is 0 Å². The van der Waals surface area contributed by atoms with Crippen molar-refractivity contribution in [3.8, 4) is 21.9 Å². The number of fused-ring (bicyclic) bond motifs is 1. The number of hydrogen-bond acceptors (Lipinski definition) is 7. The van der Waals surface area contributed by atoms with Crippen molar-refractivity contribution >= 4 is 44.9 Å². The average molecular weight is 638 g/mol. The standard InChI is InChI=1S/C36H47NO3S3/c1-26(2)41-24-38-30-11-9-29(10-12-30)35-34(32-14-13-31(23-33(32)43-35)39-25-42-27(3)4)36(17-15-28(5)16-18-36)40-22-21-37-19-7-6-8-20-37/h9-17,23,26-27H,6-8,18-22,24-25H2,1-5H3. The second kappa shape index (κ2) is 15.4. The number of piperidine rings is 1. The van der Waals surface area contributed by atoms with E-state index in [9.17, 15) is 0 Å². The minimum Gasteiger partial charge on any atom is -0.483 e. The zero-order valence-corrected chi connectivity index (χ0v) is 28.8. The van der Waals surface area contributed by atoms with Crippen LogP contribution in [-0.2, 0) is 10.3 Å². The number of ether oxygens (including phenoxy) is 3. The molecule has 43 heavy (non-hydrogen) atoms. The molecule has 1 aromatic heterocycles. The van der Waals surface area contributed by atoms with Gasteiger partial charge in [-0.3, -0.25) is 0 Å². The van der Waals surface area contributed by atoms with E-state index in [0.29, 0.717) is 29.0 Å². The van der Waals surface area contributed by atoms with Crippen molar-refractivity contribution < 1.29 is 14.2 Å². The molecule has 7 heteroatoms. The fraction of sp³-hybridized carbons (Fsp3) is 0.500. The lowest BCUT2D eigenvalue weighted by Crippen LogP contribution is -2.36. The first-order valence-corrected chi connectivity index (χ1v) is 18.6. The van der Waals surface area contributed by atoms with Gasteiger partial charge in [-0.25, -0.2) is 0 Å². The number of likely N-dealkylation sites (tertiary alicyclic amines) is 1. The summed E-state index contributed by atoms with van der Waals surface area (Å²) >= 11 is 5.46. The lowest BCUT2D eigenvalue weighted by atomic mass is 9.82. The highest BCUT2D eigenvalue weighted by atomic mass is 32.2. The van der Waals surface area contributed by atoms with E-state index in [0.717, 1.165) is 24.5 Å². The molecule has 3 aromatic rings. The van der Waals surface area contributed by atoms with Crippen LogP contribution in [0.2, 0.25) is 0 Å². The first kappa shape index (κ1) is 32.5. The van der Waals surface area contributed by atoms with Crippen LogP contribution in [0.25, 0.3) is 20.5 Å². The van der Waals surface area contributed by atoms with Crippen molar-refractivity contribution in [1.82, 2.24) is 4.90 Å². The van der Waals surface area contributed by atoms with Gasteiger partial charge in [-0.2, -0.15) is 0 Å². The Morgan fingerprint density at radius 1 is 0.884 bits per heavy atom. The lowest BCUT2D eigenvalue weighted by Gasteiger charge is -2.35. The largest absolute Gasteiger partial charge is 0.483 e. The Hall–Kier alpha value is -1.90. The summed E-state index contributed by atoms with van der Waals surface area (Å²) in [5.74, 6) is 3.14. The van der Waals surface area contributed by atoms with Crippen molar-refractivity contribution in [2.24, 2.45) is 0 Å². The van der Waals surface area contributed by atoms with Crippen LogP contribution in [0.4, 0.5) is 0 Å². The minimum atomic E-state index is -0.526. The van der Waals surface area contributed by atoms with Crippen LogP contribution < -0.4 is 9.47 Å². The van der Waals surface area contributed by atoms with Crippen molar-refractivity contribution in [2.75, 3.05) is 38.1 Å². The summed E-state index contributed by atoms with van der Waals surface area (Å²) in [6.45, 7) is 15.0. The molecule has 1 atom stereocenters. The third kappa shape index (κ3) is 8.64. The predicted molar refractivity (Wildman–Crippen MR) is 189 cm³/mol. The maximum absolute atomic E-state index is 7.03. The summed E-state index contributed by atoms with van der Waals surface area (Å²) < 4.78 is 20.4. The number of rotatable bonds is 14. The topological polar surface area (TPSA) is 30.9 Å². The Labute approximate surface area is 271 Å².